The van der Waals surface area contributed by atoms with Crippen LogP contribution in [0, 0.1) is 6.92 Å². The molecule has 3 rings (SSSR count). The molecule has 1 fully saturated rings. The van der Waals surface area contributed by atoms with Crippen LogP contribution in [0.3, 0.4) is 0 Å². The summed E-state index contributed by atoms with van der Waals surface area (Å²) in [5.74, 6) is 0.895. The monoisotopic (exact) mass is 388 g/mol. The van der Waals surface area contributed by atoms with Crippen molar-refractivity contribution in [2.75, 3.05) is 12.4 Å². The highest BCUT2D eigenvalue weighted by Gasteiger charge is 2.26. The van der Waals surface area contributed by atoms with E-state index in [9.17, 15) is 0 Å². The zero-order valence-corrected chi connectivity index (χ0v) is 16.9. The Kier molecular flexibility index (Phi) is 6.38. The van der Waals surface area contributed by atoms with Gasteiger partial charge < -0.3 is 15.0 Å². The van der Waals surface area contributed by atoms with Gasteiger partial charge in [0.25, 0.3) is 0 Å². The molecule has 5 heteroatoms. The van der Waals surface area contributed by atoms with E-state index < -0.39 is 0 Å². The molecule has 0 amide bonds. The smallest absolute Gasteiger partial charge is 0.174 e. The van der Waals surface area contributed by atoms with Crippen LogP contribution in [0.25, 0.3) is 0 Å². The van der Waals surface area contributed by atoms with Gasteiger partial charge >= 0.3 is 0 Å². The Labute approximate surface area is 166 Å². The van der Waals surface area contributed by atoms with E-state index in [0.29, 0.717) is 6.04 Å². The summed E-state index contributed by atoms with van der Waals surface area (Å²) in [5, 5.41) is 4.81. The van der Waals surface area contributed by atoms with Crippen molar-refractivity contribution in [2.45, 2.75) is 45.2 Å². The first-order chi connectivity index (χ1) is 12.6. The molecule has 1 N–H and O–H groups in total. The third-order valence-electron chi connectivity index (χ3n) is 4.99. The van der Waals surface area contributed by atoms with Crippen LogP contribution in [0.5, 0.6) is 5.75 Å². The number of hydrogen-bond acceptors (Lipinski definition) is 2. The lowest BCUT2D eigenvalue weighted by Gasteiger charge is -2.32. The summed E-state index contributed by atoms with van der Waals surface area (Å²) in [6.07, 6.45) is 4.83. The summed E-state index contributed by atoms with van der Waals surface area (Å²) in [4.78, 5) is 2.29. The highest BCUT2D eigenvalue weighted by Crippen LogP contribution is 2.30. The number of rotatable bonds is 5. The third-order valence-corrected chi connectivity index (χ3v) is 5.83. The fourth-order valence-electron chi connectivity index (χ4n) is 3.53. The third kappa shape index (κ3) is 4.30. The summed E-state index contributed by atoms with van der Waals surface area (Å²) in [6, 6.07) is 14.5. The van der Waals surface area contributed by atoms with Gasteiger partial charge in [-0.05, 0) is 49.7 Å². The van der Waals surface area contributed by atoms with Gasteiger partial charge in [0, 0.05) is 18.2 Å². The Morgan fingerprint density at radius 1 is 1.19 bits per heavy atom. The molecule has 1 saturated carbocycles. The molecule has 1 aliphatic carbocycles. The molecule has 0 heterocycles. The summed E-state index contributed by atoms with van der Waals surface area (Å²) < 4.78 is 5.53. The topological polar surface area (TPSA) is 24.5 Å². The Balaban J connectivity index is 1.83. The molecule has 0 aromatic heterocycles. The van der Waals surface area contributed by atoms with E-state index in [0.717, 1.165) is 39.2 Å². The Hall–Kier alpha value is -1.78. The molecule has 0 aliphatic heterocycles. The van der Waals surface area contributed by atoms with Crippen LogP contribution < -0.4 is 10.1 Å². The van der Waals surface area contributed by atoms with E-state index in [1.807, 2.05) is 43.3 Å². The molecule has 0 radical (unpaired) electrons. The van der Waals surface area contributed by atoms with E-state index in [4.69, 9.17) is 28.6 Å². The number of aryl methyl sites for hydroxylation is 1. The van der Waals surface area contributed by atoms with Crippen LogP contribution >= 0.6 is 23.8 Å². The van der Waals surface area contributed by atoms with Gasteiger partial charge in [-0.25, -0.2) is 0 Å². The molecule has 0 unspecified atom stereocenters. The van der Waals surface area contributed by atoms with Gasteiger partial charge in [-0.3, -0.25) is 0 Å². The van der Waals surface area contributed by atoms with Gasteiger partial charge in [0.2, 0.25) is 0 Å². The van der Waals surface area contributed by atoms with Crippen LogP contribution in [0.4, 0.5) is 5.69 Å². The number of nitrogens with one attached hydrogen (secondary N) is 1. The van der Waals surface area contributed by atoms with Crippen molar-refractivity contribution < 1.29 is 4.74 Å². The fraction of sp³-hybridized carbons (Fsp3) is 0.381. The molecular weight excluding hydrogens is 364 g/mol. The highest BCUT2D eigenvalue weighted by molar-refractivity contribution is 7.80. The number of anilines is 1. The van der Waals surface area contributed by atoms with Gasteiger partial charge in [0.15, 0.2) is 5.11 Å². The minimum absolute atomic E-state index is 0.448. The average Bonchev–Trinajstić information content (AvgIpc) is 3.18. The first-order valence-corrected chi connectivity index (χ1v) is 9.83. The molecule has 1 aliphatic rings. The van der Waals surface area contributed by atoms with Crippen molar-refractivity contribution in [1.29, 1.82) is 0 Å². The maximum Gasteiger partial charge on any atom is 0.174 e. The standard InChI is InChI=1S/C21H25ClN2OS/c1-15-8-7-12-18(20(15)22)23-21(26)24(17-10-4-5-11-17)14-16-9-3-6-13-19(16)25-2/h3,6-9,12-13,17H,4-5,10-11,14H2,1-2H3,(H,23,26). The minimum atomic E-state index is 0.448. The normalized spacial score (nSPS) is 14.3. The lowest BCUT2D eigenvalue weighted by molar-refractivity contribution is 0.305. The molecule has 0 spiro atoms. The predicted molar refractivity (Wildman–Crippen MR) is 113 cm³/mol. The van der Waals surface area contributed by atoms with Crippen LogP contribution in [-0.4, -0.2) is 23.2 Å². The second-order valence-corrected chi connectivity index (χ2v) is 7.51. The van der Waals surface area contributed by atoms with Crippen LogP contribution in [0.15, 0.2) is 42.5 Å². The minimum Gasteiger partial charge on any atom is -0.496 e. The first kappa shape index (κ1) is 19.0. The predicted octanol–water partition coefficient (Wildman–Crippen LogP) is 5.80. The number of methoxy groups -OCH3 is 1. The highest BCUT2D eigenvalue weighted by atomic mass is 35.5. The second kappa shape index (κ2) is 8.74. The fourth-order valence-corrected chi connectivity index (χ4v) is 4.03. The Morgan fingerprint density at radius 3 is 2.65 bits per heavy atom. The molecule has 3 nitrogen and oxygen atoms in total. The molecule has 2 aromatic carbocycles. The van der Waals surface area contributed by atoms with Gasteiger partial charge in [0.1, 0.15) is 5.75 Å². The quantitative estimate of drug-likeness (QED) is 0.654. The van der Waals surface area contributed by atoms with E-state index in [1.165, 1.54) is 25.7 Å². The second-order valence-electron chi connectivity index (χ2n) is 6.74. The van der Waals surface area contributed by atoms with Crippen molar-refractivity contribution in [3.63, 3.8) is 0 Å². The number of ether oxygens (including phenoxy) is 1. The van der Waals surface area contributed by atoms with E-state index in [1.54, 1.807) is 7.11 Å². The average molecular weight is 389 g/mol. The molecule has 0 bridgehead atoms. The van der Waals surface area contributed by atoms with Crippen molar-refractivity contribution in [3.05, 3.63) is 58.6 Å². The molecule has 26 heavy (non-hydrogen) atoms. The Bertz CT molecular complexity index is 774. The van der Waals surface area contributed by atoms with Gasteiger partial charge in [-0.2, -0.15) is 0 Å². The molecular formula is C21H25ClN2OS. The number of para-hydroxylation sites is 1. The molecule has 0 saturated heterocycles. The number of thiocarbonyl (C=S) groups is 1. The lowest BCUT2D eigenvalue weighted by Crippen LogP contribution is -2.41. The van der Waals surface area contributed by atoms with Crippen LogP contribution in [-0.2, 0) is 6.54 Å². The van der Waals surface area contributed by atoms with E-state index in [-0.39, 0.29) is 0 Å². The lowest BCUT2D eigenvalue weighted by atomic mass is 10.1. The summed E-state index contributed by atoms with van der Waals surface area (Å²) in [7, 11) is 1.71. The molecule has 138 valence electrons. The maximum atomic E-state index is 6.45. The first-order valence-electron chi connectivity index (χ1n) is 9.04. The van der Waals surface area contributed by atoms with Gasteiger partial charge in [0.05, 0.1) is 17.8 Å². The SMILES string of the molecule is COc1ccccc1CN(C(=S)Nc1cccc(C)c1Cl)C1CCCC1. The van der Waals surface area contributed by atoms with Crippen molar-refractivity contribution in [1.82, 2.24) is 4.90 Å². The summed E-state index contributed by atoms with van der Waals surface area (Å²) in [5.41, 5.74) is 3.04. The van der Waals surface area contributed by atoms with Crippen LogP contribution in [0.2, 0.25) is 5.02 Å². The summed E-state index contributed by atoms with van der Waals surface area (Å²) >= 11 is 12.2. The van der Waals surface area contributed by atoms with Crippen molar-refractivity contribution in [2.24, 2.45) is 0 Å². The largest absolute Gasteiger partial charge is 0.496 e. The Morgan fingerprint density at radius 2 is 1.92 bits per heavy atom. The molecule has 2 aromatic rings. The molecule has 0 atom stereocenters. The zero-order chi connectivity index (χ0) is 18.5. The van der Waals surface area contributed by atoms with E-state index >= 15 is 0 Å². The summed E-state index contributed by atoms with van der Waals surface area (Å²) in [6.45, 7) is 2.73. The van der Waals surface area contributed by atoms with Crippen molar-refractivity contribution in [3.8, 4) is 5.75 Å². The maximum absolute atomic E-state index is 6.45. The number of nitrogens with zero attached hydrogens (tertiary/aromatic N) is 1. The number of halogens is 1. The van der Waals surface area contributed by atoms with Crippen molar-refractivity contribution >= 4 is 34.6 Å². The van der Waals surface area contributed by atoms with Gasteiger partial charge in [-0.15, -0.1) is 0 Å². The number of benzene rings is 2. The number of hydrogen-bond donors (Lipinski definition) is 1. The van der Waals surface area contributed by atoms with Gasteiger partial charge in [-0.1, -0.05) is 54.8 Å². The van der Waals surface area contributed by atoms with Crippen LogP contribution in [0.1, 0.15) is 36.8 Å². The van der Waals surface area contributed by atoms with E-state index in [2.05, 4.69) is 16.3 Å². The zero-order valence-electron chi connectivity index (χ0n) is 15.3.